The van der Waals surface area contributed by atoms with Crippen LogP contribution in [0.1, 0.15) is 62.0 Å². The van der Waals surface area contributed by atoms with Crippen LogP contribution in [-0.2, 0) is 5.41 Å². The van der Waals surface area contributed by atoms with Crippen molar-refractivity contribution >= 4 is 0 Å². The number of hydrogen-bond donors (Lipinski definition) is 1. The standard InChI is InChI=1S/C19H30N2/c1-21-13-4-5-16(10-14-21)17-6-8-18(9-7-17)19(15-20)11-2-3-12-19/h6-9,16H,2-5,10-15,20H2,1H3. The Bertz CT molecular complexity index is 445. The summed E-state index contributed by atoms with van der Waals surface area (Å²) < 4.78 is 0. The highest BCUT2D eigenvalue weighted by molar-refractivity contribution is 5.32. The van der Waals surface area contributed by atoms with Crippen LogP contribution >= 0.6 is 0 Å². The molecule has 1 unspecified atom stereocenters. The predicted octanol–water partition coefficient (Wildman–Crippen LogP) is 3.66. The molecule has 1 atom stereocenters. The Morgan fingerprint density at radius 3 is 2.43 bits per heavy atom. The molecule has 1 aliphatic carbocycles. The van der Waals surface area contributed by atoms with Crippen molar-refractivity contribution in [3.63, 3.8) is 0 Å². The molecule has 2 fully saturated rings. The summed E-state index contributed by atoms with van der Waals surface area (Å²) in [4.78, 5) is 2.47. The fourth-order valence-corrected chi connectivity index (χ4v) is 4.34. The molecule has 0 spiro atoms. The third-order valence-corrected chi connectivity index (χ3v) is 5.90. The first-order chi connectivity index (χ1) is 10.2. The molecular weight excluding hydrogens is 256 g/mol. The van der Waals surface area contributed by atoms with Crippen LogP contribution in [0.5, 0.6) is 0 Å². The molecule has 2 aliphatic rings. The van der Waals surface area contributed by atoms with Crippen molar-refractivity contribution in [3.05, 3.63) is 35.4 Å². The zero-order valence-electron chi connectivity index (χ0n) is 13.5. The number of hydrogen-bond acceptors (Lipinski definition) is 2. The van der Waals surface area contributed by atoms with Gasteiger partial charge in [0, 0.05) is 12.0 Å². The summed E-state index contributed by atoms with van der Waals surface area (Å²) in [6.45, 7) is 3.30. The molecule has 1 saturated carbocycles. The predicted molar refractivity (Wildman–Crippen MR) is 89.7 cm³/mol. The molecule has 2 N–H and O–H groups in total. The maximum Gasteiger partial charge on any atom is 0.00755 e. The van der Waals surface area contributed by atoms with Gasteiger partial charge in [0.05, 0.1) is 0 Å². The van der Waals surface area contributed by atoms with Crippen LogP contribution in [-0.4, -0.2) is 31.6 Å². The Morgan fingerprint density at radius 1 is 1.05 bits per heavy atom. The minimum absolute atomic E-state index is 0.280. The van der Waals surface area contributed by atoms with Gasteiger partial charge in [-0.05, 0) is 69.3 Å². The number of nitrogens with two attached hydrogens (primary N) is 1. The first-order valence-corrected chi connectivity index (χ1v) is 8.73. The van der Waals surface area contributed by atoms with Gasteiger partial charge in [0.2, 0.25) is 0 Å². The Kier molecular flexibility index (Phi) is 4.66. The molecule has 1 heterocycles. The number of rotatable bonds is 3. The second-order valence-electron chi connectivity index (χ2n) is 7.24. The molecule has 2 heteroatoms. The number of nitrogens with zero attached hydrogens (tertiary/aromatic N) is 1. The minimum Gasteiger partial charge on any atom is -0.330 e. The molecule has 3 rings (SSSR count). The van der Waals surface area contributed by atoms with E-state index in [9.17, 15) is 0 Å². The molecule has 1 aromatic rings. The van der Waals surface area contributed by atoms with Crippen molar-refractivity contribution in [1.29, 1.82) is 0 Å². The van der Waals surface area contributed by atoms with Crippen molar-refractivity contribution in [2.75, 3.05) is 26.7 Å². The molecule has 0 radical (unpaired) electrons. The summed E-state index contributed by atoms with van der Waals surface area (Å²) in [7, 11) is 2.25. The zero-order valence-corrected chi connectivity index (χ0v) is 13.5. The van der Waals surface area contributed by atoms with E-state index in [-0.39, 0.29) is 5.41 Å². The Labute approximate surface area is 129 Å². The van der Waals surface area contributed by atoms with Crippen molar-refractivity contribution in [1.82, 2.24) is 4.90 Å². The van der Waals surface area contributed by atoms with Gasteiger partial charge in [-0.15, -0.1) is 0 Å². The molecule has 0 aromatic heterocycles. The van der Waals surface area contributed by atoms with Crippen molar-refractivity contribution in [3.8, 4) is 0 Å². The highest BCUT2D eigenvalue weighted by Crippen LogP contribution is 2.40. The van der Waals surface area contributed by atoms with Crippen molar-refractivity contribution in [2.45, 2.75) is 56.3 Å². The Balaban J connectivity index is 1.74. The Hall–Kier alpha value is -0.860. The van der Waals surface area contributed by atoms with Gasteiger partial charge in [0.25, 0.3) is 0 Å². The molecule has 0 bridgehead atoms. The summed E-state index contributed by atoms with van der Waals surface area (Å²) in [6.07, 6.45) is 9.20. The lowest BCUT2D eigenvalue weighted by Gasteiger charge is -2.28. The molecule has 21 heavy (non-hydrogen) atoms. The summed E-state index contributed by atoms with van der Waals surface area (Å²) in [5.41, 5.74) is 9.42. The van der Waals surface area contributed by atoms with Crippen LogP contribution in [0.25, 0.3) is 0 Å². The van der Waals surface area contributed by atoms with E-state index in [2.05, 4.69) is 36.2 Å². The molecule has 0 amide bonds. The smallest absolute Gasteiger partial charge is 0.00755 e. The third kappa shape index (κ3) is 3.17. The van der Waals surface area contributed by atoms with E-state index < -0.39 is 0 Å². The SMILES string of the molecule is CN1CCCC(c2ccc(C3(CN)CCCC3)cc2)CC1. The van der Waals surface area contributed by atoms with Gasteiger partial charge in [-0.3, -0.25) is 0 Å². The summed E-state index contributed by atoms with van der Waals surface area (Å²) in [6, 6.07) is 9.53. The monoisotopic (exact) mass is 286 g/mol. The summed E-state index contributed by atoms with van der Waals surface area (Å²) >= 11 is 0. The van der Waals surface area contributed by atoms with Crippen LogP contribution in [0, 0.1) is 0 Å². The number of likely N-dealkylation sites (tertiary alicyclic amines) is 1. The second kappa shape index (κ2) is 6.50. The topological polar surface area (TPSA) is 29.3 Å². The van der Waals surface area contributed by atoms with Crippen LogP contribution in [0.15, 0.2) is 24.3 Å². The highest BCUT2D eigenvalue weighted by Gasteiger charge is 2.34. The van der Waals surface area contributed by atoms with E-state index in [0.29, 0.717) is 0 Å². The normalized spacial score (nSPS) is 26.7. The molecule has 1 aliphatic heterocycles. The van der Waals surface area contributed by atoms with Crippen LogP contribution < -0.4 is 5.73 Å². The minimum atomic E-state index is 0.280. The van der Waals surface area contributed by atoms with Crippen LogP contribution in [0.4, 0.5) is 0 Å². The average molecular weight is 286 g/mol. The van der Waals surface area contributed by atoms with Crippen molar-refractivity contribution < 1.29 is 0 Å². The lowest BCUT2D eigenvalue weighted by atomic mass is 9.78. The van der Waals surface area contributed by atoms with E-state index in [1.54, 1.807) is 5.56 Å². The lowest BCUT2D eigenvalue weighted by molar-refractivity contribution is 0.347. The zero-order chi connectivity index (χ0) is 14.7. The van der Waals surface area contributed by atoms with Crippen LogP contribution in [0.3, 0.4) is 0 Å². The van der Waals surface area contributed by atoms with E-state index in [0.717, 1.165) is 12.5 Å². The second-order valence-corrected chi connectivity index (χ2v) is 7.24. The third-order valence-electron chi connectivity index (χ3n) is 5.90. The highest BCUT2D eigenvalue weighted by atomic mass is 15.1. The van der Waals surface area contributed by atoms with Gasteiger partial charge in [-0.2, -0.15) is 0 Å². The fourth-order valence-electron chi connectivity index (χ4n) is 4.34. The van der Waals surface area contributed by atoms with Crippen molar-refractivity contribution in [2.24, 2.45) is 5.73 Å². The quantitative estimate of drug-likeness (QED) is 0.919. The van der Waals surface area contributed by atoms with Gasteiger partial charge >= 0.3 is 0 Å². The van der Waals surface area contributed by atoms with E-state index in [1.807, 2.05) is 0 Å². The molecule has 1 saturated heterocycles. The first kappa shape index (κ1) is 15.1. The maximum absolute atomic E-state index is 6.11. The van der Waals surface area contributed by atoms with E-state index >= 15 is 0 Å². The van der Waals surface area contributed by atoms with E-state index in [1.165, 1.54) is 63.6 Å². The summed E-state index contributed by atoms with van der Waals surface area (Å²) in [5, 5.41) is 0. The maximum atomic E-state index is 6.11. The molecular formula is C19H30N2. The molecule has 116 valence electrons. The lowest BCUT2D eigenvalue weighted by Crippen LogP contribution is -2.31. The molecule has 1 aromatic carbocycles. The van der Waals surface area contributed by atoms with Gasteiger partial charge in [0.1, 0.15) is 0 Å². The van der Waals surface area contributed by atoms with Gasteiger partial charge in [-0.25, -0.2) is 0 Å². The fraction of sp³-hybridized carbons (Fsp3) is 0.684. The van der Waals surface area contributed by atoms with Gasteiger partial charge in [-0.1, -0.05) is 37.1 Å². The van der Waals surface area contributed by atoms with E-state index in [4.69, 9.17) is 5.73 Å². The number of benzene rings is 1. The van der Waals surface area contributed by atoms with Crippen LogP contribution in [0.2, 0.25) is 0 Å². The van der Waals surface area contributed by atoms with Gasteiger partial charge in [0.15, 0.2) is 0 Å². The average Bonchev–Trinajstić information content (AvgIpc) is 2.91. The summed E-state index contributed by atoms with van der Waals surface area (Å²) in [5.74, 6) is 0.751. The largest absolute Gasteiger partial charge is 0.330 e. The first-order valence-electron chi connectivity index (χ1n) is 8.73. The van der Waals surface area contributed by atoms with Gasteiger partial charge < -0.3 is 10.6 Å². The molecule has 2 nitrogen and oxygen atoms in total. The Morgan fingerprint density at radius 2 is 1.76 bits per heavy atom.